The van der Waals surface area contributed by atoms with Crippen molar-refractivity contribution >= 4 is 15.9 Å². The number of piperazine rings is 1. The van der Waals surface area contributed by atoms with Gasteiger partial charge >= 0.3 is 0 Å². The van der Waals surface area contributed by atoms with E-state index in [0.717, 1.165) is 35.1 Å². The van der Waals surface area contributed by atoms with Gasteiger partial charge in [0.15, 0.2) is 0 Å². The third kappa shape index (κ3) is 5.13. The molecule has 0 spiro atoms. The van der Waals surface area contributed by atoms with Gasteiger partial charge in [-0.2, -0.15) is 4.31 Å². The molecule has 7 heteroatoms. The molecule has 1 fully saturated rings. The number of rotatable bonds is 7. The summed E-state index contributed by atoms with van der Waals surface area (Å²) in [5.74, 6) is 0.0123. The Morgan fingerprint density at radius 3 is 2.11 bits per heavy atom. The molecule has 0 radical (unpaired) electrons. The number of benzene rings is 1. The van der Waals surface area contributed by atoms with E-state index in [1.54, 1.807) is 4.31 Å². The number of carbonyl (C=O) groups excluding carboxylic acids is 1. The Morgan fingerprint density at radius 2 is 1.61 bits per heavy atom. The number of nitrogens with zero attached hydrogens (tertiary/aromatic N) is 2. The first-order valence-corrected chi connectivity index (χ1v) is 11.6. The molecule has 2 rings (SSSR count). The smallest absolute Gasteiger partial charge is 0.243 e. The molecule has 0 aromatic heterocycles. The van der Waals surface area contributed by atoms with Gasteiger partial charge in [-0.15, -0.1) is 0 Å². The third-order valence-electron chi connectivity index (χ3n) is 5.72. The van der Waals surface area contributed by atoms with Gasteiger partial charge < -0.3 is 5.32 Å². The van der Waals surface area contributed by atoms with Crippen LogP contribution in [0.3, 0.4) is 0 Å². The summed E-state index contributed by atoms with van der Waals surface area (Å²) in [6.07, 6.45) is 2.00. The molecular weight excluding hydrogens is 374 g/mol. The molecule has 0 bridgehead atoms. The van der Waals surface area contributed by atoms with Gasteiger partial charge in [0, 0.05) is 32.2 Å². The lowest BCUT2D eigenvalue weighted by atomic mass is 10.0. The van der Waals surface area contributed by atoms with Gasteiger partial charge in [0.05, 0.1) is 11.4 Å². The summed E-state index contributed by atoms with van der Waals surface area (Å²) in [4.78, 5) is 14.7. The van der Waals surface area contributed by atoms with E-state index in [9.17, 15) is 13.2 Å². The largest absolute Gasteiger partial charge is 0.353 e. The van der Waals surface area contributed by atoms with Gasteiger partial charge in [0.1, 0.15) is 0 Å². The molecule has 0 unspecified atom stereocenters. The Bertz CT molecular complexity index is 786. The van der Waals surface area contributed by atoms with Crippen molar-refractivity contribution in [2.75, 3.05) is 32.7 Å². The van der Waals surface area contributed by atoms with E-state index in [2.05, 4.69) is 12.2 Å². The van der Waals surface area contributed by atoms with Crippen molar-refractivity contribution in [1.82, 2.24) is 14.5 Å². The van der Waals surface area contributed by atoms with Crippen LogP contribution in [0, 0.1) is 27.7 Å². The minimum atomic E-state index is -3.54. The highest BCUT2D eigenvalue weighted by atomic mass is 32.2. The average Bonchev–Trinajstić information content (AvgIpc) is 2.60. The van der Waals surface area contributed by atoms with Gasteiger partial charge in [-0.3, -0.25) is 9.69 Å². The summed E-state index contributed by atoms with van der Waals surface area (Å²) >= 11 is 0. The molecule has 0 saturated carbocycles. The zero-order valence-electron chi connectivity index (χ0n) is 18.1. The minimum absolute atomic E-state index is 0.0123. The Balaban J connectivity index is 2.04. The minimum Gasteiger partial charge on any atom is -0.353 e. The quantitative estimate of drug-likeness (QED) is 0.751. The molecule has 1 atom stereocenters. The maximum Gasteiger partial charge on any atom is 0.243 e. The van der Waals surface area contributed by atoms with Crippen molar-refractivity contribution in [1.29, 1.82) is 0 Å². The van der Waals surface area contributed by atoms with Crippen LogP contribution in [0.15, 0.2) is 11.0 Å². The molecule has 0 aliphatic carbocycles. The topological polar surface area (TPSA) is 69.7 Å². The second-order valence-corrected chi connectivity index (χ2v) is 9.90. The summed E-state index contributed by atoms with van der Waals surface area (Å²) in [7, 11) is -3.54. The van der Waals surface area contributed by atoms with Crippen LogP contribution >= 0.6 is 0 Å². The summed E-state index contributed by atoms with van der Waals surface area (Å²) < 4.78 is 28.2. The Morgan fingerprint density at radius 1 is 1.07 bits per heavy atom. The van der Waals surface area contributed by atoms with E-state index in [4.69, 9.17) is 0 Å². The molecule has 1 N–H and O–H groups in total. The predicted molar refractivity (Wildman–Crippen MR) is 113 cm³/mol. The fraction of sp³-hybridized carbons (Fsp3) is 0.667. The van der Waals surface area contributed by atoms with Crippen LogP contribution in [0.25, 0.3) is 0 Å². The lowest BCUT2D eigenvalue weighted by Crippen LogP contribution is -2.51. The van der Waals surface area contributed by atoms with Gasteiger partial charge in [0.25, 0.3) is 0 Å². The standard InChI is InChI=1S/C21H35N3O3S/c1-7-8-17(4)22-20(25)14-23-9-11-24(12-10-23)28(26,27)21-18(5)15(2)13-16(3)19(21)6/h13,17H,7-12,14H2,1-6H3,(H,22,25)/t17-/m1/s1. The molecule has 1 amide bonds. The molecule has 1 aromatic rings. The maximum absolute atomic E-state index is 13.3. The fourth-order valence-electron chi connectivity index (χ4n) is 3.85. The molecule has 6 nitrogen and oxygen atoms in total. The second kappa shape index (κ2) is 9.37. The first kappa shape index (κ1) is 22.8. The number of amides is 1. The van der Waals surface area contributed by atoms with Crippen LogP contribution in [0.4, 0.5) is 0 Å². The Hall–Kier alpha value is -1.44. The molecule has 1 heterocycles. The summed E-state index contributed by atoms with van der Waals surface area (Å²) in [5, 5.41) is 3.01. The van der Waals surface area contributed by atoms with Gasteiger partial charge in [0.2, 0.25) is 15.9 Å². The first-order chi connectivity index (χ1) is 13.1. The molecule has 28 heavy (non-hydrogen) atoms. The van der Waals surface area contributed by atoms with Crippen molar-refractivity contribution in [3.63, 3.8) is 0 Å². The lowest BCUT2D eigenvalue weighted by molar-refractivity contribution is -0.123. The van der Waals surface area contributed by atoms with Crippen molar-refractivity contribution in [2.24, 2.45) is 0 Å². The van der Waals surface area contributed by atoms with Crippen LogP contribution in [-0.4, -0.2) is 62.3 Å². The van der Waals surface area contributed by atoms with Crippen molar-refractivity contribution < 1.29 is 13.2 Å². The first-order valence-electron chi connectivity index (χ1n) is 10.2. The van der Waals surface area contributed by atoms with E-state index < -0.39 is 10.0 Å². The lowest BCUT2D eigenvalue weighted by Gasteiger charge is -2.34. The van der Waals surface area contributed by atoms with Gasteiger partial charge in [-0.05, 0) is 63.3 Å². The van der Waals surface area contributed by atoms with E-state index >= 15 is 0 Å². The van der Waals surface area contributed by atoms with Crippen molar-refractivity contribution in [3.8, 4) is 0 Å². The molecular formula is C21H35N3O3S. The summed E-state index contributed by atoms with van der Waals surface area (Å²) in [5.41, 5.74) is 3.65. The Kier molecular flexibility index (Phi) is 7.65. The van der Waals surface area contributed by atoms with E-state index in [1.165, 1.54) is 0 Å². The van der Waals surface area contributed by atoms with Crippen LogP contribution in [0.2, 0.25) is 0 Å². The predicted octanol–water partition coefficient (Wildman–Crippen LogP) is 2.53. The third-order valence-corrected chi connectivity index (χ3v) is 7.90. The number of carbonyl (C=O) groups is 1. The van der Waals surface area contributed by atoms with Crippen molar-refractivity contribution in [2.45, 2.75) is 65.3 Å². The highest BCUT2D eigenvalue weighted by Gasteiger charge is 2.32. The van der Waals surface area contributed by atoms with E-state index in [0.29, 0.717) is 37.6 Å². The van der Waals surface area contributed by atoms with Gasteiger partial charge in [-0.1, -0.05) is 19.4 Å². The number of nitrogens with one attached hydrogen (secondary N) is 1. The molecule has 1 aliphatic rings. The maximum atomic E-state index is 13.3. The monoisotopic (exact) mass is 409 g/mol. The number of hydrogen-bond donors (Lipinski definition) is 1. The normalized spacial score (nSPS) is 17.5. The van der Waals surface area contributed by atoms with Crippen LogP contribution < -0.4 is 5.32 Å². The zero-order chi connectivity index (χ0) is 21.1. The number of hydrogen-bond acceptors (Lipinski definition) is 4. The van der Waals surface area contributed by atoms with E-state index in [1.807, 2.05) is 45.6 Å². The highest BCUT2D eigenvalue weighted by molar-refractivity contribution is 7.89. The summed E-state index contributed by atoms with van der Waals surface area (Å²) in [6, 6.07) is 2.22. The van der Waals surface area contributed by atoms with Gasteiger partial charge in [-0.25, -0.2) is 8.42 Å². The highest BCUT2D eigenvalue weighted by Crippen LogP contribution is 2.29. The fourth-order valence-corrected chi connectivity index (χ4v) is 5.85. The van der Waals surface area contributed by atoms with Crippen LogP contribution in [0.1, 0.15) is 48.9 Å². The zero-order valence-corrected chi connectivity index (χ0v) is 18.9. The SMILES string of the molecule is CCC[C@@H](C)NC(=O)CN1CCN(S(=O)(=O)c2c(C)c(C)cc(C)c2C)CC1. The number of sulfonamides is 1. The van der Waals surface area contributed by atoms with E-state index in [-0.39, 0.29) is 11.9 Å². The molecule has 1 saturated heterocycles. The molecule has 1 aliphatic heterocycles. The average molecular weight is 410 g/mol. The second-order valence-electron chi connectivity index (χ2n) is 8.03. The summed E-state index contributed by atoms with van der Waals surface area (Å²) in [6.45, 7) is 14.1. The molecule has 158 valence electrons. The van der Waals surface area contributed by atoms with Crippen LogP contribution in [-0.2, 0) is 14.8 Å². The molecule has 1 aromatic carbocycles. The van der Waals surface area contributed by atoms with Crippen LogP contribution in [0.5, 0.6) is 0 Å². The van der Waals surface area contributed by atoms with Crippen molar-refractivity contribution in [3.05, 3.63) is 28.3 Å². The Labute approximate surface area is 170 Å². The number of aryl methyl sites for hydroxylation is 2.